The molecule has 0 atom stereocenters. The zero-order valence-electron chi connectivity index (χ0n) is 11.8. The molecule has 6 heteroatoms. The lowest BCUT2D eigenvalue weighted by Gasteiger charge is -2.46. The van der Waals surface area contributed by atoms with Crippen molar-refractivity contribution in [3.8, 4) is 0 Å². The van der Waals surface area contributed by atoms with Crippen LogP contribution in [0.2, 0.25) is 0 Å². The summed E-state index contributed by atoms with van der Waals surface area (Å²) in [4.78, 5) is 16.6. The predicted octanol–water partition coefficient (Wildman–Crippen LogP) is 2.14. The van der Waals surface area contributed by atoms with Gasteiger partial charge < -0.3 is 15.5 Å². The first kappa shape index (κ1) is 15.3. The zero-order valence-corrected chi connectivity index (χ0v) is 14.2. The number of carbonyl (C=O) groups excluding carboxylic acids is 1. The number of amides is 1. The fourth-order valence-electron chi connectivity index (χ4n) is 2.58. The number of halogens is 1. The van der Waals surface area contributed by atoms with Gasteiger partial charge in [-0.25, -0.2) is 0 Å². The van der Waals surface area contributed by atoms with Crippen LogP contribution in [0.4, 0.5) is 5.69 Å². The molecule has 4 nitrogen and oxygen atoms in total. The maximum absolute atomic E-state index is 12.4. The van der Waals surface area contributed by atoms with Gasteiger partial charge in [-0.3, -0.25) is 4.79 Å². The average Bonchev–Trinajstić information content (AvgIpc) is 2.37. The molecule has 0 radical (unpaired) electrons. The van der Waals surface area contributed by atoms with Gasteiger partial charge in [-0.2, -0.15) is 0 Å². The zero-order chi connectivity index (χ0) is 15.1. The van der Waals surface area contributed by atoms with Gasteiger partial charge in [0.05, 0.1) is 0 Å². The highest BCUT2D eigenvalue weighted by Crippen LogP contribution is 2.32. The molecule has 108 valence electrons. The Labute approximate surface area is 133 Å². The maximum atomic E-state index is 12.4. The molecular weight excluding hydrogens is 338 g/mol. The van der Waals surface area contributed by atoms with E-state index in [0.29, 0.717) is 11.5 Å². The van der Waals surface area contributed by atoms with Crippen molar-refractivity contribution in [1.29, 1.82) is 0 Å². The summed E-state index contributed by atoms with van der Waals surface area (Å²) < 4.78 is 0.919. The molecule has 1 aromatic rings. The number of piperazine rings is 1. The van der Waals surface area contributed by atoms with Gasteiger partial charge in [0.25, 0.3) is 0 Å². The molecule has 2 N–H and O–H groups in total. The summed E-state index contributed by atoms with van der Waals surface area (Å²) in [5.41, 5.74) is 6.92. The topological polar surface area (TPSA) is 49.6 Å². The van der Waals surface area contributed by atoms with Crippen LogP contribution in [-0.4, -0.2) is 41.5 Å². The number of hydrogen-bond acceptors (Lipinski definition) is 3. The largest absolute Gasteiger partial charge is 0.389 e. The molecule has 1 fully saturated rings. The monoisotopic (exact) mass is 355 g/mol. The maximum Gasteiger partial charge on any atom is 0.247 e. The number of thiocarbonyl (C=S) groups is 1. The van der Waals surface area contributed by atoms with Crippen molar-refractivity contribution in [3.05, 3.63) is 28.2 Å². The normalized spacial score (nSPS) is 18.3. The summed E-state index contributed by atoms with van der Waals surface area (Å²) in [5, 5.41) is 0. The standard InChI is InChI=1S/C14H18BrN3OS/c1-14(2)13(19)17(3)6-7-18(14)11-5-4-9(15)8-10(11)12(16)20/h4-5,8H,6-7H2,1-3H3,(H2,16,20). The molecule has 0 unspecified atom stereocenters. The second-order valence-corrected chi connectivity index (χ2v) is 6.82. The van der Waals surface area contributed by atoms with E-state index in [1.54, 1.807) is 4.90 Å². The van der Waals surface area contributed by atoms with Crippen LogP contribution >= 0.6 is 28.1 Å². The summed E-state index contributed by atoms with van der Waals surface area (Å²) in [6.45, 7) is 5.30. The van der Waals surface area contributed by atoms with Crippen LogP contribution in [0, 0.1) is 0 Å². The van der Waals surface area contributed by atoms with Gasteiger partial charge in [-0.1, -0.05) is 28.1 Å². The Kier molecular flexibility index (Phi) is 4.07. The molecule has 2 rings (SSSR count). The SMILES string of the molecule is CN1CCN(c2ccc(Br)cc2C(N)=S)C(C)(C)C1=O. The van der Waals surface area contributed by atoms with E-state index in [1.165, 1.54) is 0 Å². The Balaban J connectivity index is 2.51. The highest BCUT2D eigenvalue weighted by molar-refractivity contribution is 9.10. The number of anilines is 1. The summed E-state index contributed by atoms with van der Waals surface area (Å²) in [6, 6.07) is 5.80. The van der Waals surface area contributed by atoms with Gasteiger partial charge in [-0.05, 0) is 32.0 Å². The molecule has 1 saturated heterocycles. The Hall–Kier alpha value is -1.14. The fraction of sp³-hybridized carbons (Fsp3) is 0.429. The lowest BCUT2D eigenvalue weighted by atomic mass is 9.95. The Morgan fingerprint density at radius 1 is 1.40 bits per heavy atom. The Morgan fingerprint density at radius 2 is 2.05 bits per heavy atom. The summed E-state index contributed by atoms with van der Waals surface area (Å²) in [6.07, 6.45) is 0. The van der Waals surface area contributed by atoms with Gasteiger partial charge >= 0.3 is 0 Å². The van der Waals surface area contributed by atoms with E-state index in [0.717, 1.165) is 22.3 Å². The van der Waals surface area contributed by atoms with E-state index in [-0.39, 0.29) is 5.91 Å². The number of hydrogen-bond donors (Lipinski definition) is 1. The van der Waals surface area contributed by atoms with Gasteiger partial charge in [0, 0.05) is 35.9 Å². The number of benzene rings is 1. The first-order valence-corrected chi connectivity index (χ1v) is 7.58. The van der Waals surface area contributed by atoms with Crippen molar-refractivity contribution in [2.45, 2.75) is 19.4 Å². The minimum atomic E-state index is -0.611. The molecule has 1 aliphatic heterocycles. The van der Waals surface area contributed by atoms with E-state index < -0.39 is 5.54 Å². The summed E-state index contributed by atoms with van der Waals surface area (Å²) in [7, 11) is 1.83. The van der Waals surface area contributed by atoms with Crippen LogP contribution in [0.3, 0.4) is 0 Å². The molecule has 1 heterocycles. The number of rotatable bonds is 2. The van der Waals surface area contributed by atoms with Gasteiger partial charge in [0.2, 0.25) is 5.91 Å². The van der Waals surface area contributed by atoms with Crippen molar-refractivity contribution in [1.82, 2.24) is 4.90 Å². The van der Waals surface area contributed by atoms with Crippen LogP contribution in [0.1, 0.15) is 19.4 Å². The van der Waals surface area contributed by atoms with Crippen molar-refractivity contribution in [3.63, 3.8) is 0 Å². The van der Waals surface area contributed by atoms with Crippen molar-refractivity contribution < 1.29 is 4.79 Å². The molecule has 0 saturated carbocycles. The van der Waals surface area contributed by atoms with Crippen LogP contribution < -0.4 is 10.6 Å². The number of nitrogens with zero attached hydrogens (tertiary/aromatic N) is 2. The highest BCUT2D eigenvalue weighted by Gasteiger charge is 2.41. The Bertz CT molecular complexity index is 574. The predicted molar refractivity (Wildman–Crippen MR) is 89.1 cm³/mol. The van der Waals surface area contributed by atoms with Crippen LogP contribution in [0.25, 0.3) is 0 Å². The molecule has 20 heavy (non-hydrogen) atoms. The van der Waals surface area contributed by atoms with Gasteiger partial charge in [0.15, 0.2) is 0 Å². The van der Waals surface area contributed by atoms with E-state index in [1.807, 2.05) is 39.1 Å². The van der Waals surface area contributed by atoms with Crippen molar-refractivity contribution >= 4 is 44.7 Å². The molecule has 1 aromatic carbocycles. The van der Waals surface area contributed by atoms with E-state index >= 15 is 0 Å². The fourth-order valence-corrected chi connectivity index (χ4v) is 3.10. The van der Waals surface area contributed by atoms with Crippen LogP contribution in [0.5, 0.6) is 0 Å². The molecule has 0 spiro atoms. The molecule has 0 bridgehead atoms. The number of carbonyl (C=O) groups is 1. The van der Waals surface area contributed by atoms with E-state index in [4.69, 9.17) is 18.0 Å². The third kappa shape index (κ3) is 2.54. The third-order valence-electron chi connectivity index (χ3n) is 3.72. The quantitative estimate of drug-likeness (QED) is 0.825. The molecular formula is C14H18BrN3OS. The summed E-state index contributed by atoms with van der Waals surface area (Å²) in [5.74, 6) is 0.0977. The third-order valence-corrected chi connectivity index (χ3v) is 4.43. The van der Waals surface area contributed by atoms with Crippen LogP contribution in [-0.2, 0) is 4.79 Å². The lowest BCUT2D eigenvalue weighted by Crippen LogP contribution is -2.62. The molecule has 1 amide bonds. The summed E-state index contributed by atoms with van der Waals surface area (Å²) >= 11 is 8.57. The molecule has 0 aromatic heterocycles. The number of nitrogens with two attached hydrogens (primary N) is 1. The van der Waals surface area contributed by atoms with Crippen LogP contribution in [0.15, 0.2) is 22.7 Å². The second-order valence-electron chi connectivity index (χ2n) is 5.46. The van der Waals surface area contributed by atoms with E-state index in [2.05, 4.69) is 20.8 Å². The van der Waals surface area contributed by atoms with Gasteiger partial charge in [0.1, 0.15) is 10.5 Å². The average molecular weight is 356 g/mol. The second kappa shape index (κ2) is 5.33. The minimum absolute atomic E-state index is 0.0977. The first-order valence-electron chi connectivity index (χ1n) is 6.37. The van der Waals surface area contributed by atoms with Gasteiger partial charge in [-0.15, -0.1) is 0 Å². The molecule has 1 aliphatic rings. The smallest absolute Gasteiger partial charge is 0.247 e. The lowest BCUT2D eigenvalue weighted by molar-refractivity contribution is -0.136. The van der Waals surface area contributed by atoms with Crippen molar-refractivity contribution in [2.75, 3.05) is 25.0 Å². The highest BCUT2D eigenvalue weighted by atomic mass is 79.9. The first-order chi connectivity index (χ1) is 9.25. The molecule has 0 aliphatic carbocycles. The number of likely N-dealkylation sites (N-methyl/N-ethyl adjacent to an activating group) is 1. The Morgan fingerprint density at radius 3 is 2.65 bits per heavy atom. The van der Waals surface area contributed by atoms with E-state index in [9.17, 15) is 4.79 Å². The minimum Gasteiger partial charge on any atom is -0.389 e. The van der Waals surface area contributed by atoms with Crippen molar-refractivity contribution in [2.24, 2.45) is 5.73 Å².